The highest BCUT2D eigenvalue weighted by Crippen LogP contribution is 2.15. The molecule has 0 spiro atoms. The molecule has 0 radical (unpaired) electrons. The first-order chi connectivity index (χ1) is 13.8. The van der Waals surface area contributed by atoms with Gasteiger partial charge in [0.1, 0.15) is 18.1 Å². The first kappa shape index (κ1) is 21.5. The normalized spacial score (nSPS) is 10.0. The molecule has 0 bridgehead atoms. The zero-order valence-corrected chi connectivity index (χ0v) is 15.8. The van der Waals surface area contributed by atoms with Crippen molar-refractivity contribution in [3.05, 3.63) is 59.4 Å². The summed E-state index contributed by atoms with van der Waals surface area (Å²) in [4.78, 5) is 46.7. The van der Waals surface area contributed by atoms with E-state index < -0.39 is 36.6 Å². The van der Waals surface area contributed by atoms with E-state index in [2.05, 4.69) is 10.6 Å². The van der Waals surface area contributed by atoms with E-state index in [0.717, 1.165) is 6.07 Å². The van der Waals surface area contributed by atoms with Crippen molar-refractivity contribution < 1.29 is 33.0 Å². The van der Waals surface area contributed by atoms with Gasteiger partial charge in [-0.2, -0.15) is 0 Å². The van der Waals surface area contributed by atoms with Crippen molar-refractivity contribution in [2.75, 3.05) is 25.6 Å². The highest BCUT2D eigenvalue weighted by atomic mass is 19.1. The fraction of sp³-hybridized carbons (Fsp3) is 0.200. The number of amides is 2. The molecule has 0 atom stereocenters. The van der Waals surface area contributed by atoms with E-state index in [1.807, 2.05) is 0 Å². The van der Waals surface area contributed by atoms with Crippen molar-refractivity contribution in [2.45, 2.75) is 6.92 Å². The number of carbonyl (C=O) groups excluding carboxylic acids is 4. The second-order valence-electron chi connectivity index (χ2n) is 5.87. The van der Waals surface area contributed by atoms with Gasteiger partial charge in [-0.05, 0) is 36.4 Å². The summed E-state index contributed by atoms with van der Waals surface area (Å²) in [5.74, 6) is -2.89. The van der Waals surface area contributed by atoms with Crippen molar-refractivity contribution >= 4 is 29.3 Å². The Labute approximate surface area is 166 Å². The van der Waals surface area contributed by atoms with Crippen molar-refractivity contribution in [2.24, 2.45) is 0 Å². The van der Waals surface area contributed by atoms with Gasteiger partial charge >= 0.3 is 5.97 Å². The number of ketones is 1. The van der Waals surface area contributed by atoms with E-state index in [9.17, 15) is 23.6 Å². The Kier molecular flexibility index (Phi) is 7.41. The molecule has 8 nitrogen and oxygen atoms in total. The molecule has 0 aliphatic heterocycles. The third-order valence-corrected chi connectivity index (χ3v) is 3.68. The quantitative estimate of drug-likeness (QED) is 0.516. The average Bonchev–Trinajstić information content (AvgIpc) is 2.69. The maximum absolute atomic E-state index is 14.0. The maximum atomic E-state index is 14.0. The third-order valence-electron chi connectivity index (χ3n) is 3.68. The summed E-state index contributed by atoms with van der Waals surface area (Å²) >= 11 is 0. The molecule has 2 rings (SSSR count). The Balaban J connectivity index is 1.84. The standard InChI is InChI=1S/C20H19FN2O6/c1-12(24)23-14-6-7-16(17(21)9-14)18(25)11-29-19(26)10-22-20(27)13-4-3-5-15(8-13)28-2/h3-9H,10-11H2,1-2H3,(H,22,27)(H,23,24). The topological polar surface area (TPSA) is 111 Å². The van der Waals surface area contributed by atoms with Crippen LogP contribution in [0.4, 0.5) is 10.1 Å². The molecular weight excluding hydrogens is 383 g/mol. The molecule has 0 saturated heterocycles. The molecule has 0 aliphatic carbocycles. The van der Waals surface area contributed by atoms with E-state index in [1.54, 1.807) is 18.2 Å². The van der Waals surface area contributed by atoms with Crippen LogP contribution in [-0.2, 0) is 14.3 Å². The van der Waals surface area contributed by atoms with Crippen LogP contribution >= 0.6 is 0 Å². The zero-order valence-electron chi connectivity index (χ0n) is 15.8. The number of Topliss-reactive ketones (excluding diaryl/α,β-unsaturated/α-hetero) is 1. The molecule has 2 amide bonds. The Hall–Kier alpha value is -3.75. The summed E-state index contributed by atoms with van der Waals surface area (Å²) in [7, 11) is 1.46. The largest absolute Gasteiger partial charge is 0.497 e. The monoisotopic (exact) mass is 402 g/mol. The van der Waals surface area contributed by atoms with Crippen LogP contribution in [0.25, 0.3) is 0 Å². The SMILES string of the molecule is COc1cccc(C(=O)NCC(=O)OCC(=O)c2ccc(NC(C)=O)cc2F)c1. The number of halogens is 1. The summed E-state index contributed by atoms with van der Waals surface area (Å²) < 4.78 is 23.8. The maximum Gasteiger partial charge on any atom is 0.325 e. The lowest BCUT2D eigenvalue weighted by Gasteiger charge is -2.08. The second-order valence-corrected chi connectivity index (χ2v) is 5.87. The summed E-state index contributed by atoms with van der Waals surface area (Å²) in [6.45, 7) is 0.112. The van der Waals surface area contributed by atoms with Crippen molar-refractivity contribution in [1.29, 1.82) is 0 Å². The van der Waals surface area contributed by atoms with E-state index >= 15 is 0 Å². The van der Waals surface area contributed by atoms with Gasteiger partial charge in [0.05, 0.1) is 12.7 Å². The van der Waals surface area contributed by atoms with Gasteiger partial charge in [0.25, 0.3) is 5.91 Å². The fourth-order valence-corrected chi connectivity index (χ4v) is 2.32. The number of hydrogen-bond acceptors (Lipinski definition) is 6. The number of rotatable bonds is 8. The van der Waals surface area contributed by atoms with Crippen molar-refractivity contribution in [1.82, 2.24) is 5.32 Å². The molecule has 0 saturated carbocycles. The number of nitrogens with one attached hydrogen (secondary N) is 2. The van der Waals surface area contributed by atoms with Crippen molar-refractivity contribution in [3.63, 3.8) is 0 Å². The number of carbonyl (C=O) groups is 4. The van der Waals surface area contributed by atoms with Crippen LogP contribution in [0.3, 0.4) is 0 Å². The van der Waals surface area contributed by atoms with Gasteiger partial charge in [-0.1, -0.05) is 6.07 Å². The van der Waals surface area contributed by atoms with E-state index in [1.165, 1.54) is 32.2 Å². The second kappa shape index (κ2) is 9.98. The molecule has 0 aromatic heterocycles. The van der Waals surface area contributed by atoms with E-state index in [4.69, 9.17) is 9.47 Å². The van der Waals surface area contributed by atoms with Gasteiger partial charge in [0.2, 0.25) is 11.7 Å². The Morgan fingerprint density at radius 2 is 1.83 bits per heavy atom. The van der Waals surface area contributed by atoms with Gasteiger partial charge < -0.3 is 20.1 Å². The molecular formula is C20H19FN2O6. The number of hydrogen-bond donors (Lipinski definition) is 2. The molecule has 0 fully saturated rings. The number of ether oxygens (including phenoxy) is 2. The molecule has 0 heterocycles. The summed E-state index contributed by atoms with van der Waals surface area (Å²) in [6, 6.07) is 9.85. The lowest BCUT2D eigenvalue weighted by molar-refractivity contribution is -0.141. The van der Waals surface area contributed by atoms with Crippen LogP contribution in [0.2, 0.25) is 0 Å². The van der Waals surface area contributed by atoms with Crippen LogP contribution < -0.4 is 15.4 Å². The fourth-order valence-electron chi connectivity index (χ4n) is 2.32. The molecule has 2 aromatic carbocycles. The lowest BCUT2D eigenvalue weighted by Crippen LogP contribution is -2.31. The Morgan fingerprint density at radius 3 is 2.48 bits per heavy atom. The van der Waals surface area contributed by atoms with Crippen LogP contribution in [0, 0.1) is 5.82 Å². The Morgan fingerprint density at radius 1 is 1.07 bits per heavy atom. The predicted octanol–water partition coefficient (Wildman–Crippen LogP) is 1.95. The summed E-state index contributed by atoms with van der Waals surface area (Å²) in [6.07, 6.45) is 0. The van der Waals surface area contributed by atoms with Crippen LogP contribution in [0.1, 0.15) is 27.6 Å². The van der Waals surface area contributed by atoms with Gasteiger partial charge in [-0.25, -0.2) is 4.39 Å². The molecule has 9 heteroatoms. The third kappa shape index (κ3) is 6.42. The van der Waals surface area contributed by atoms with Gasteiger partial charge in [-0.3, -0.25) is 19.2 Å². The number of benzene rings is 2. The summed E-state index contributed by atoms with van der Waals surface area (Å²) in [5, 5.41) is 4.74. The van der Waals surface area contributed by atoms with Gasteiger partial charge in [0, 0.05) is 18.2 Å². The summed E-state index contributed by atoms with van der Waals surface area (Å²) in [5.41, 5.74) is 0.200. The van der Waals surface area contributed by atoms with Crippen LogP contribution in [0.5, 0.6) is 5.75 Å². The van der Waals surface area contributed by atoms with Gasteiger partial charge in [0.15, 0.2) is 6.61 Å². The zero-order chi connectivity index (χ0) is 21.4. The van der Waals surface area contributed by atoms with Gasteiger partial charge in [-0.15, -0.1) is 0 Å². The smallest absolute Gasteiger partial charge is 0.325 e. The van der Waals surface area contributed by atoms with Crippen molar-refractivity contribution in [3.8, 4) is 5.75 Å². The van der Waals surface area contributed by atoms with E-state index in [-0.39, 0.29) is 22.7 Å². The minimum atomic E-state index is -0.858. The minimum absolute atomic E-state index is 0.198. The number of esters is 1. The number of anilines is 1. The molecule has 2 N–H and O–H groups in total. The highest BCUT2D eigenvalue weighted by Gasteiger charge is 2.16. The minimum Gasteiger partial charge on any atom is -0.497 e. The predicted molar refractivity (Wildman–Crippen MR) is 101 cm³/mol. The van der Waals surface area contributed by atoms with Crippen LogP contribution in [0.15, 0.2) is 42.5 Å². The molecule has 29 heavy (non-hydrogen) atoms. The Bertz CT molecular complexity index is 944. The molecule has 0 unspecified atom stereocenters. The molecule has 0 aliphatic rings. The van der Waals surface area contributed by atoms with E-state index in [0.29, 0.717) is 5.75 Å². The highest BCUT2D eigenvalue weighted by molar-refractivity contribution is 5.99. The first-order valence-corrected chi connectivity index (χ1v) is 8.48. The lowest BCUT2D eigenvalue weighted by atomic mass is 10.1. The molecule has 152 valence electrons. The van der Waals surface area contributed by atoms with Crippen LogP contribution in [-0.4, -0.2) is 43.8 Å². The molecule has 2 aromatic rings. The first-order valence-electron chi connectivity index (χ1n) is 8.48. The average molecular weight is 402 g/mol. The number of methoxy groups -OCH3 is 1.